The Labute approximate surface area is 146 Å². The van der Waals surface area contributed by atoms with Crippen LogP contribution in [-0.2, 0) is 4.79 Å². The maximum Gasteiger partial charge on any atom is 0.244 e. The molecule has 0 saturated heterocycles. The molecule has 3 aromatic rings. The lowest BCUT2D eigenvalue weighted by Gasteiger charge is -2.15. The Bertz CT molecular complexity index is 932. The van der Waals surface area contributed by atoms with Crippen LogP contribution < -0.4 is 10.6 Å². The van der Waals surface area contributed by atoms with E-state index < -0.39 is 24.4 Å². The SMILES string of the molecule is CNC(=O)[C@H](CO)Nc1nc(-c2c[nH]c3ncc(Cl)cc23)ncc1F. The van der Waals surface area contributed by atoms with Crippen LogP contribution in [0.4, 0.5) is 10.2 Å². The van der Waals surface area contributed by atoms with E-state index in [1.54, 1.807) is 12.3 Å². The van der Waals surface area contributed by atoms with Crippen LogP contribution in [0.2, 0.25) is 5.02 Å². The summed E-state index contributed by atoms with van der Waals surface area (Å²) in [6, 6.07) is 0.651. The molecule has 25 heavy (non-hydrogen) atoms. The third kappa shape index (κ3) is 3.37. The Kier molecular flexibility index (Phi) is 4.77. The number of aliphatic hydroxyl groups is 1. The van der Waals surface area contributed by atoms with Gasteiger partial charge in [0.25, 0.3) is 0 Å². The molecule has 8 nitrogen and oxygen atoms in total. The number of aromatic nitrogens is 4. The molecule has 0 fully saturated rings. The number of nitrogens with zero attached hydrogens (tertiary/aromatic N) is 3. The first-order valence-electron chi connectivity index (χ1n) is 7.28. The van der Waals surface area contributed by atoms with Gasteiger partial charge in [-0.1, -0.05) is 11.6 Å². The second-order valence-corrected chi connectivity index (χ2v) is 5.57. The van der Waals surface area contributed by atoms with Crippen LogP contribution in [-0.4, -0.2) is 50.6 Å². The number of aliphatic hydroxyl groups excluding tert-OH is 1. The highest BCUT2D eigenvalue weighted by Gasteiger charge is 2.20. The summed E-state index contributed by atoms with van der Waals surface area (Å²) in [5, 5.41) is 15.3. The zero-order valence-electron chi connectivity index (χ0n) is 13.0. The lowest BCUT2D eigenvalue weighted by molar-refractivity contribution is -0.122. The van der Waals surface area contributed by atoms with Crippen LogP contribution in [0, 0.1) is 5.82 Å². The standard InChI is InChI=1S/C15H14ClFN6O2/c1-18-15(25)11(6-24)22-14-10(17)5-21-13(23-14)9-4-20-12-8(9)2-7(16)3-19-12/h2-5,11,24H,6H2,1H3,(H,18,25)(H,19,20)(H,21,22,23)/t11-/m0/s1. The van der Waals surface area contributed by atoms with Crippen molar-refractivity contribution in [2.45, 2.75) is 6.04 Å². The van der Waals surface area contributed by atoms with Gasteiger partial charge in [-0.2, -0.15) is 0 Å². The van der Waals surface area contributed by atoms with Crippen LogP contribution in [0.25, 0.3) is 22.4 Å². The number of fused-ring (bicyclic) bond motifs is 1. The van der Waals surface area contributed by atoms with Crippen LogP contribution in [0.5, 0.6) is 0 Å². The highest BCUT2D eigenvalue weighted by atomic mass is 35.5. The van der Waals surface area contributed by atoms with Gasteiger partial charge < -0.3 is 20.7 Å². The molecular weight excluding hydrogens is 351 g/mol. The Morgan fingerprint density at radius 3 is 2.96 bits per heavy atom. The maximum absolute atomic E-state index is 14.0. The van der Waals surface area contributed by atoms with Gasteiger partial charge in [0.15, 0.2) is 17.5 Å². The lowest BCUT2D eigenvalue weighted by Crippen LogP contribution is -2.40. The molecule has 0 saturated carbocycles. The van der Waals surface area contributed by atoms with Gasteiger partial charge in [-0.15, -0.1) is 0 Å². The Hall–Kier alpha value is -2.78. The fraction of sp³-hybridized carbons (Fsp3) is 0.200. The second-order valence-electron chi connectivity index (χ2n) is 5.14. The van der Waals surface area contributed by atoms with E-state index in [2.05, 4.69) is 30.6 Å². The van der Waals surface area contributed by atoms with Crippen molar-refractivity contribution in [1.29, 1.82) is 0 Å². The first-order valence-corrected chi connectivity index (χ1v) is 7.65. The Morgan fingerprint density at radius 1 is 1.44 bits per heavy atom. The molecule has 1 atom stereocenters. The number of hydrogen-bond acceptors (Lipinski definition) is 6. The normalized spacial score (nSPS) is 12.2. The van der Waals surface area contributed by atoms with Gasteiger partial charge in [-0.3, -0.25) is 4.79 Å². The smallest absolute Gasteiger partial charge is 0.244 e. The summed E-state index contributed by atoms with van der Waals surface area (Å²) in [6.45, 7) is -0.523. The van der Waals surface area contributed by atoms with E-state index in [1.165, 1.54) is 13.2 Å². The topological polar surface area (TPSA) is 116 Å². The number of carbonyl (C=O) groups is 1. The van der Waals surface area contributed by atoms with Crippen LogP contribution in [0.15, 0.2) is 24.7 Å². The van der Waals surface area contributed by atoms with E-state index in [1.807, 2.05) is 0 Å². The number of H-pyrrole nitrogens is 1. The zero-order chi connectivity index (χ0) is 18.0. The molecule has 3 aromatic heterocycles. The third-order valence-electron chi connectivity index (χ3n) is 3.54. The van der Waals surface area contributed by atoms with E-state index in [4.69, 9.17) is 11.6 Å². The number of likely N-dealkylation sites (N-methyl/N-ethyl adjacent to an activating group) is 1. The van der Waals surface area contributed by atoms with Crippen molar-refractivity contribution >= 4 is 34.4 Å². The third-order valence-corrected chi connectivity index (χ3v) is 3.75. The minimum Gasteiger partial charge on any atom is -0.394 e. The van der Waals surface area contributed by atoms with E-state index in [0.29, 0.717) is 21.6 Å². The molecule has 0 aromatic carbocycles. The number of hydrogen-bond donors (Lipinski definition) is 4. The number of rotatable bonds is 5. The summed E-state index contributed by atoms with van der Waals surface area (Å²) in [5.41, 5.74) is 1.16. The maximum atomic E-state index is 14.0. The highest BCUT2D eigenvalue weighted by molar-refractivity contribution is 6.31. The molecule has 0 unspecified atom stereocenters. The van der Waals surface area contributed by atoms with E-state index in [9.17, 15) is 14.3 Å². The monoisotopic (exact) mass is 364 g/mol. The molecule has 130 valence electrons. The fourth-order valence-electron chi connectivity index (χ4n) is 2.29. The average molecular weight is 365 g/mol. The Morgan fingerprint density at radius 2 is 2.24 bits per heavy atom. The number of pyridine rings is 1. The minimum atomic E-state index is -1.04. The number of amides is 1. The summed E-state index contributed by atoms with van der Waals surface area (Å²) in [4.78, 5) is 26.9. The van der Waals surface area contributed by atoms with Crippen molar-refractivity contribution < 1.29 is 14.3 Å². The molecule has 1 amide bonds. The summed E-state index contributed by atoms with van der Waals surface area (Å²) in [5.74, 6) is -1.22. The molecule has 0 aliphatic rings. The molecule has 0 bridgehead atoms. The predicted molar refractivity (Wildman–Crippen MR) is 90.7 cm³/mol. The van der Waals surface area contributed by atoms with Crippen molar-refractivity contribution in [2.24, 2.45) is 0 Å². The van der Waals surface area contributed by atoms with Gasteiger partial charge in [-0.05, 0) is 6.07 Å². The second kappa shape index (κ2) is 6.99. The lowest BCUT2D eigenvalue weighted by atomic mass is 10.2. The van der Waals surface area contributed by atoms with Gasteiger partial charge in [0.05, 0.1) is 17.8 Å². The summed E-state index contributed by atoms with van der Waals surface area (Å²) < 4.78 is 14.0. The van der Waals surface area contributed by atoms with E-state index in [0.717, 1.165) is 6.20 Å². The van der Waals surface area contributed by atoms with Crippen molar-refractivity contribution in [1.82, 2.24) is 25.3 Å². The van der Waals surface area contributed by atoms with Crippen molar-refractivity contribution in [3.05, 3.63) is 35.5 Å². The van der Waals surface area contributed by atoms with Crippen molar-refractivity contribution in [3.63, 3.8) is 0 Å². The molecule has 3 rings (SSSR count). The first-order chi connectivity index (χ1) is 12.0. The molecule has 0 spiro atoms. The molecule has 0 radical (unpaired) electrons. The van der Waals surface area contributed by atoms with Gasteiger partial charge in [0.2, 0.25) is 5.91 Å². The summed E-state index contributed by atoms with van der Waals surface area (Å²) in [7, 11) is 1.41. The fourth-order valence-corrected chi connectivity index (χ4v) is 2.45. The number of halogens is 2. The number of aromatic amines is 1. The van der Waals surface area contributed by atoms with Gasteiger partial charge in [0, 0.05) is 30.4 Å². The zero-order valence-corrected chi connectivity index (χ0v) is 13.8. The number of carbonyl (C=O) groups excluding carboxylic acids is 1. The van der Waals surface area contributed by atoms with E-state index >= 15 is 0 Å². The van der Waals surface area contributed by atoms with Gasteiger partial charge in [-0.25, -0.2) is 19.3 Å². The first kappa shape index (κ1) is 17.1. The highest BCUT2D eigenvalue weighted by Crippen LogP contribution is 2.28. The molecule has 3 heterocycles. The molecule has 0 aliphatic heterocycles. The Balaban J connectivity index is 2.01. The number of anilines is 1. The van der Waals surface area contributed by atoms with Gasteiger partial charge in [0.1, 0.15) is 11.7 Å². The predicted octanol–water partition coefficient (Wildman–Crippen LogP) is 1.33. The van der Waals surface area contributed by atoms with Gasteiger partial charge >= 0.3 is 0 Å². The van der Waals surface area contributed by atoms with Crippen LogP contribution >= 0.6 is 11.6 Å². The minimum absolute atomic E-state index is 0.197. The quantitative estimate of drug-likeness (QED) is 0.543. The largest absolute Gasteiger partial charge is 0.394 e. The average Bonchev–Trinajstić information content (AvgIpc) is 3.03. The summed E-state index contributed by atoms with van der Waals surface area (Å²) in [6.07, 6.45) is 4.12. The van der Waals surface area contributed by atoms with Crippen molar-refractivity contribution in [3.8, 4) is 11.4 Å². The van der Waals surface area contributed by atoms with E-state index in [-0.39, 0.29) is 11.6 Å². The molecule has 4 N–H and O–H groups in total. The van der Waals surface area contributed by atoms with Crippen LogP contribution in [0.3, 0.4) is 0 Å². The molecule has 0 aliphatic carbocycles. The van der Waals surface area contributed by atoms with Crippen molar-refractivity contribution in [2.75, 3.05) is 19.0 Å². The molecule has 10 heteroatoms. The summed E-state index contributed by atoms with van der Waals surface area (Å²) >= 11 is 5.97. The molecular formula is C15H14ClFN6O2. The number of nitrogens with one attached hydrogen (secondary N) is 3. The van der Waals surface area contributed by atoms with Crippen LogP contribution in [0.1, 0.15) is 0 Å².